The highest BCUT2D eigenvalue weighted by atomic mass is 35.5. The first-order valence-electron chi connectivity index (χ1n) is 6.55. The van der Waals surface area contributed by atoms with Crippen molar-refractivity contribution in [2.24, 2.45) is 5.73 Å². The summed E-state index contributed by atoms with van der Waals surface area (Å²) < 4.78 is 5.44. The average Bonchev–Trinajstić information content (AvgIpc) is 2.38. The zero-order chi connectivity index (χ0) is 14.7. The van der Waals surface area contributed by atoms with Crippen LogP contribution < -0.4 is 16.4 Å². The molecule has 1 aliphatic rings. The van der Waals surface area contributed by atoms with E-state index in [1.54, 1.807) is 25.1 Å². The first-order chi connectivity index (χ1) is 9.49. The second-order valence-electron chi connectivity index (χ2n) is 4.89. The van der Waals surface area contributed by atoms with Gasteiger partial charge in [0.05, 0.1) is 12.7 Å². The number of benzene rings is 1. The Balaban J connectivity index is 0.00000220. The number of hydrogen-bond acceptors (Lipinski definition) is 4. The van der Waals surface area contributed by atoms with E-state index in [-0.39, 0.29) is 30.5 Å². The van der Waals surface area contributed by atoms with E-state index in [4.69, 9.17) is 10.5 Å². The third kappa shape index (κ3) is 4.17. The minimum Gasteiger partial charge on any atom is -0.375 e. The summed E-state index contributed by atoms with van der Waals surface area (Å²) in [5.74, 6) is -0.625. The van der Waals surface area contributed by atoms with Crippen molar-refractivity contribution in [3.63, 3.8) is 0 Å². The number of morpholine rings is 1. The number of amides is 2. The smallest absolute Gasteiger partial charge is 0.248 e. The fourth-order valence-electron chi connectivity index (χ4n) is 2.27. The summed E-state index contributed by atoms with van der Waals surface area (Å²) in [6, 6.07) is 4.63. The van der Waals surface area contributed by atoms with Gasteiger partial charge in [0.2, 0.25) is 11.8 Å². The predicted molar refractivity (Wildman–Crippen MR) is 82.8 cm³/mol. The van der Waals surface area contributed by atoms with Crippen LogP contribution in [0.5, 0.6) is 0 Å². The maximum Gasteiger partial charge on any atom is 0.248 e. The first kappa shape index (κ1) is 17.4. The van der Waals surface area contributed by atoms with Gasteiger partial charge in [-0.25, -0.2) is 0 Å². The molecule has 7 heteroatoms. The molecule has 0 spiro atoms. The lowest BCUT2D eigenvalue weighted by molar-refractivity contribution is -0.123. The number of primary amides is 1. The van der Waals surface area contributed by atoms with Crippen LogP contribution in [0.3, 0.4) is 0 Å². The molecule has 1 heterocycles. The van der Waals surface area contributed by atoms with Gasteiger partial charge in [-0.1, -0.05) is 0 Å². The van der Waals surface area contributed by atoms with Gasteiger partial charge in [-0.05, 0) is 37.6 Å². The molecule has 0 aromatic heterocycles. The second kappa shape index (κ2) is 7.40. The third-order valence-corrected chi connectivity index (χ3v) is 3.36. The number of hydrogen-bond donors (Lipinski definition) is 3. The van der Waals surface area contributed by atoms with E-state index in [9.17, 15) is 9.59 Å². The SMILES string of the molecule is Cc1cc(NC(=O)[C@H]2NCCO[C@@H]2C)ccc1C(N)=O.Cl. The summed E-state index contributed by atoms with van der Waals surface area (Å²) in [4.78, 5) is 23.3. The van der Waals surface area contributed by atoms with Gasteiger partial charge in [-0.3, -0.25) is 9.59 Å². The van der Waals surface area contributed by atoms with Gasteiger partial charge in [0.25, 0.3) is 0 Å². The average molecular weight is 314 g/mol. The van der Waals surface area contributed by atoms with Gasteiger partial charge in [-0.2, -0.15) is 0 Å². The largest absolute Gasteiger partial charge is 0.375 e. The number of anilines is 1. The third-order valence-electron chi connectivity index (χ3n) is 3.36. The monoisotopic (exact) mass is 313 g/mol. The number of halogens is 1. The maximum absolute atomic E-state index is 12.2. The molecule has 2 atom stereocenters. The van der Waals surface area contributed by atoms with Crippen LogP contribution in [0.4, 0.5) is 5.69 Å². The lowest BCUT2D eigenvalue weighted by Crippen LogP contribution is -2.53. The van der Waals surface area contributed by atoms with Gasteiger partial charge >= 0.3 is 0 Å². The lowest BCUT2D eigenvalue weighted by atomic mass is 10.1. The van der Waals surface area contributed by atoms with Crippen LogP contribution in [-0.4, -0.2) is 37.1 Å². The Morgan fingerprint density at radius 3 is 2.71 bits per heavy atom. The number of nitrogens with two attached hydrogens (primary N) is 1. The molecule has 21 heavy (non-hydrogen) atoms. The maximum atomic E-state index is 12.2. The van der Waals surface area contributed by atoms with Crippen molar-refractivity contribution in [1.82, 2.24) is 5.32 Å². The van der Waals surface area contributed by atoms with Gasteiger partial charge in [0.1, 0.15) is 6.04 Å². The van der Waals surface area contributed by atoms with E-state index in [0.29, 0.717) is 24.4 Å². The van der Waals surface area contributed by atoms with Gasteiger partial charge < -0.3 is 21.1 Å². The zero-order valence-corrected chi connectivity index (χ0v) is 12.8. The molecule has 0 unspecified atom stereocenters. The summed E-state index contributed by atoms with van der Waals surface area (Å²) in [5.41, 5.74) is 7.07. The van der Waals surface area contributed by atoms with Crippen molar-refractivity contribution in [3.8, 4) is 0 Å². The Kier molecular flexibility index (Phi) is 6.14. The highest BCUT2D eigenvalue weighted by Crippen LogP contribution is 2.16. The summed E-state index contributed by atoms with van der Waals surface area (Å²) in [6.45, 7) is 4.90. The minimum absolute atomic E-state index is 0. The van der Waals surface area contributed by atoms with Gasteiger partial charge in [0.15, 0.2) is 0 Å². The summed E-state index contributed by atoms with van der Waals surface area (Å²) in [7, 11) is 0. The molecule has 116 valence electrons. The summed E-state index contributed by atoms with van der Waals surface area (Å²) >= 11 is 0. The number of carbonyl (C=O) groups excluding carboxylic acids is 2. The van der Waals surface area contributed by atoms with Crippen LogP contribution in [-0.2, 0) is 9.53 Å². The quantitative estimate of drug-likeness (QED) is 0.770. The second-order valence-corrected chi connectivity index (χ2v) is 4.89. The summed E-state index contributed by atoms with van der Waals surface area (Å²) in [5, 5.41) is 5.94. The molecule has 2 rings (SSSR count). The van der Waals surface area contributed by atoms with Crippen LogP contribution >= 0.6 is 12.4 Å². The zero-order valence-electron chi connectivity index (χ0n) is 12.0. The fraction of sp³-hybridized carbons (Fsp3) is 0.429. The van der Waals surface area contributed by atoms with Crippen molar-refractivity contribution in [2.45, 2.75) is 26.0 Å². The molecule has 4 N–H and O–H groups in total. The molecule has 6 nitrogen and oxygen atoms in total. The van der Waals surface area contributed by atoms with E-state index in [1.165, 1.54) is 0 Å². The molecule has 1 fully saturated rings. The minimum atomic E-state index is -0.476. The number of nitrogens with one attached hydrogen (secondary N) is 2. The number of ether oxygens (including phenoxy) is 1. The number of rotatable bonds is 3. The topological polar surface area (TPSA) is 93.4 Å². The Hall–Kier alpha value is -1.63. The van der Waals surface area contributed by atoms with Crippen molar-refractivity contribution in [2.75, 3.05) is 18.5 Å². The van der Waals surface area contributed by atoms with E-state index >= 15 is 0 Å². The predicted octanol–water partition coefficient (Wildman–Crippen LogP) is 0.831. The standard InChI is InChI=1S/C14H19N3O3.ClH/c1-8-7-10(3-4-11(8)13(15)18)17-14(19)12-9(2)20-6-5-16-12;/h3-4,7,9,12,16H,5-6H2,1-2H3,(H2,15,18)(H,17,19);1H/t9-,12+;/m1./s1. The fourth-order valence-corrected chi connectivity index (χ4v) is 2.27. The molecule has 0 aliphatic carbocycles. The highest BCUT2D eigenvalue weighted by molar-refractivity contribution is 5.97. The Labute approximate surface area is 129 Å². The molecule has 0 bridgehead atoms. The van der Waals surface area contributed by atoms with Crippen LogP contribution in [0.25, 0.3) is 0 Å². The van der Waals surface area contributed by atoms with E-state index in [2.05, 4.69) is 10.6 Å². The van der Waals surface area contributed by atoms with Crippen molar-refractivity contribution < 1.29 is 14.3 Å². The molecule has 1 aliphatic heterocycles. The van der Waals surface area contributed by atoms with E-state index in [1.807, 2.05) is 6.92 Å². The van der Waals surface area contributed by atoms with Crippen molar-refractivity contribution in [1.29, 1.82) is 0 Å². The number of aryl methyl sites for hydroxylation is 1. The van der Waals surface area contributed by atoms with Crippen LogP contribution in [0.2, 0.25) is 0 Å². The Morgan fingerprint density at radius 1 is 1.43 bits per heavy atom. The number of carbonyl (C=O) groups is 2. The first-order valence-corrected chi connectivity index (χ1v) is 6.55. The normalized spacial score (nSPS) is 21.2. The Bertz CT molecular complexity index is 536. The molecule has 0 saturated carbocycles. The molecule has 1 aromatic rings. The molecular formula is C14H20ClN3O3. The van der Waals surface area contributed by atoms with Crippen molar-refractivity contribution >= 4 is 29.9 Å². The van der Waals surface area contributed by atoms with Crippen LogP contribution in [0.15, 0.2) is 18.2 Å². The lowest BCUT2D eigenvalue weighted by Gasteiger charge is -2.29. The van der Waals surface area contributed by atoms with Gasteiger partial charge in [-0.15, -0.1) is 12.4 Å². The molecule has 0 radical (unpaired) electrons. The molecular weight excluding hydrogens is 294 g/mol. The molecule has 1 saturated heterocycles. The molecule has 2 amide bonds. The van der Waals surface area contributed by atoms with Crippen molar-refractivity contribution in [3.05, 3.63) is 29.3 Å². The van der Waals surface area contributed by atoms with Crippen LogP contribution in [0, 0.1) is 6.92 Å². The molecule has 1 aromatic carbocycles. The van der Waals surface area contributed by atoms with Gasteiger partial charge in [0, 0.05) is 17.8 Å². The van der Waals surface area contributed by atoms with E-state index in [0.717, 1.165) is 5.56 Å². The van der Waals surface area contributed by atoms with Crippen LogP contribution in [0.1, 0.15) is 22.8 Å². The van der Waals surface area contributed by atoms with E-state index < -0.39 is 5.91 Å². The highest BCUT2D eigenvalue weighted by Gasteiger charge is 2.28. The summed E-state index contributed by atoms with van der Waals surface area (Å²) in [6.07, 6.45) is -0.172. The Morgan fingerprint density at radius 2 is 2.14 bits per heavy atom.